The minimum Gasteiger partial charge on any atom is -0.465 e. The third kappa shape index (κ3) is 3.77. The average Bonchev–Trinajstić information content (AvgIpc) is 2.04. The van der Waals surface area contributed by atoms with Gasteiger partial charge in [-0.3, -0.25) is 9.69 Å². The van der Waals surface area contributed by atoms with Gasteiger partial charge in [-0.2, -0.15) is 0 Å². The highest BCUT2D eigenvalue weighted by Gasteiger charge is 2.26. The normalized spacial score (nSPS) is 15.5. The van der Waals surface area contributed by atoms with Crippen LogP contribution in [0.25, 0.3) is 0 Å². The van der Waals surface area contributed by atoms with Gasteiger partial charge in [0, 0.05) is 0 Å². The molecule has 0 saturated carbocycles. The Bertz CT molecular complexity index is 157. The molecule has 0 aromatic heterocycles. The molecule has 0 aliphatic heterocycles. The first-order chi connectivity index (χ1) is 6.04. The quantitative estimate of drug-likeness (QED) is 0.611. The highest BCUT2D eigenvalue weighted by Crippen LogP contribution is 2.13. The number of carbonyl (C=O) groups is 1. The number of ether oxygens (including phenoxy) is 1. The molecule has 0 N–H and O–H groups in total. The fourth-order valence-electron chi connectivity index (χ4n) is 1.40. The molecule has 0 heterocycles. The maximum Gasteiger partial charge on any atom is 0.323 e. The van der Waals surface area contributed by atoms with Crippen LogP contribution < -0.4 is 0 Å². The van der Waals surface area contributed by atoms with Crippen molar-refractivity contribution in [3.05, 3.63) is 0 Å². The number of hydrogen-bond donors (Lipinski definition) is 0. The second-order valence-corrected chi connectivity index (χ2v) is 3.55. The molecule has 0 amide bonds. The number of hydrogen-bond acceptors (Lipinski definition) is 3. The van der Waals surface area contributed by atoms with Crippen molar-refractivity contribution in [3.8, 4) is 0 Å². The predicted octanol–water partition coefficient (Wildman–Crippen LogP) is 1.53. The van der Waals surface area contributed by atoms with Crippen molar-refractivity contribution in [3.63, 3.8) is 0 Å². The van der Waals surface area contributed by atoms with Gasteiger partial charge in [-0.1, -0.05) is 20.3 Å². The molecule has 0 aromatic carbocycles. The van der Waals surface area contributed by atoms with Crippen LogP contribution in [0.15, 0.2) is 0 Å². The molecule has 3 heteroatoms. The Morgan fingerprint density at radius 1 is 1.38 bits per heavy atom. The summed E-state index contributed by atoms with van der Waals surface area (Å²) in [5.74, 6) is 0.232. The van der Waals surface area contributed by atoms with E-state index in [4.69, 9.17) is 4.74 Å². The van der Waals surface area contributed by atoms with Crippen LogP contribution in [0.3, 0.4) is 0 Å². The van der Waals surface area contributed by atoms with Gasteiger partial charge in [0.2, 0.25) is 0 Å². The lowest BCUT2D eigenvalue weighted by Gasteiger charge is -2.27. The first-order valence-corrected chi connectivity index (χ1v) is 4.87. The van der Waals surface area contributed by atoms with E-state index in [1.807, 2.05) is 25.9 Å². The summed E-state index contributed by atoms with van der Waals surface area (Å²) in [5, 5.41) is 0. The molecule has 0 aromatic rings. The van der Waals surface area contributed by atoms with Crippen molar-refractivity contribution in [1.29, 1.82) is 0 Å². The Morgan fingerprint density at radius 3 is 2.23 bits per heavy atom. The van der Waals surface area contributed by atoms with E-state index in [0.717, 1.165) is 6.42 Å². The molecule has 0 bridgehead atoms. The molecule has 0 aliphatic carbocycles. The predicted molar refractivity (Wildman–Crippen MR) is 53.6 cm³/mol. The molecule has 0 unspecified atom stereocenters. The number of rotatable bonds is 5. The molecule has 78 valence electrons. The van der Waals surface area contributed by atoms with Gasteiger partial charge in [0.25, 0.3) is 0 Å². The zero-order chi connectivity index (χ0) is 10.4. The maximum atomic E-state index is 11.5. The first-order valence-electron chi connectivity index (χ1n) is 4.87. The van der Waals surface area contributed by atoms with Crippen LogP contribution in [0.2, 0.25) is 0 Å². The van der Waals surface area contributed by atoms with E-state index in [2.05, 4.69) is 13.8 Å². The zero-order valence-corrected chi connectivity index (χ0v) is 9.33. The fourth-order valence-corrected chi connectivity index (χ4v) is 1.40. The van der Waals surface area contributed by atoms with Crippen molar-refractivity contribution in [2.24, 2.45) is 5.92 Å². The van der Waals surface area contributed by atoms with Gasteiger partial charge in [-0.05, 0) is 26.9 Å². The SMILES string of the molecule is CCOC(=O)[C@H]([C@@H](C)CC)N(C)C. The second kappa shape index (κ2) is 5.97. The summed E-state index contributed by atoms with van der Waals surface area (Å²) in [5.41, 5.74) is 0. The summed E-state index contributed by atoms with van der Waals surface area (Å²) in [6.07, 6.45) is 0.988. The van der Waals surface area contributed by atoms with E-state index in [0.29, 0.717) is 12.5 Å². The van der Waals surface area contributed by atoms with Crippen molar-refractivity contribution in [2.45, 2.75) is 33.2 Å². The monoisotopic (exact) mass is 187 g/mol. The standard InChI is InChI=1S/C10H21NO2/c1-6-8(3)9(11(4)5)10(12)13-7-2/h8-9H,6-7H2,1-5H3/t8-,9-/m0/s1. The summed E-state index contributed by atoms with van der Waals surface area (Å²) in [6, 6.07) is -0.107. The van der Waals surface area contributed by atoms with Gasteiger partial charge >= 0.3 is 5.97 Å². The van der Waals surface area contributed by atoms with Crippen LogP contribution >= 0.6 is 0 Å². The van der Waals surface area contributed by atoms with Gasteiger partial charge in [-0.25, -0.2) is 0 Å². The molecule has 13 heavy (non-hydrogen) atoms. The lowest BCUT2D eigenvalue weighted by Crippen LogP contribution is -2.42. The molecule has 0 saturated heterocycles. The summed E-state index contributed by atoms with van der Waals surface area (Å²) in [4.78, 5) is 13.4. The third-order valence-electron chi connectivity index (χ3n) is 2.27. The third-order valence-corrected chi connectivity index (χ3v) is 2.27. The molecular weight excluding hydrogens is 166 g/mol. The van der Waals surface area contributed by atoms with E-state index >= 15 is 0 Å². The summed E-state index contributed by atoms with van der Waals surface area (Å²) in [6.45, 7) is 6.45. The fraction of sp³-hybridized carbons (Fsp3) is 0.900. The van der Waals surface area contributed by atoms with Crippen LogP contribution in [0.5, 0.6) is 0 Å². The smallest absolute Gasteiger partial charge is 0.323 e. The van der Waals surface area contributed by atoms with E-state index in [1.54, 1.807) is 0 Å². The second-order valence-electron chi connectivity index (χ2n) is 3.55. The van der Waals surface area contributed by atoms with E-state index in [-0.39, 0.29) is 12.0 Å². The van der Waals surface area contributed by atoms with Crippen LogP contribution in [0.4, 0.5) is 0 Å². The Labute approximate surface area is 81.1 Å². The van der Waals surface area contributed by atoms with Crippen LogP contribution in [0.1, 0.15) is 27.2 Å². The first kappa shape index (κ1) is 12.4. The van der Waals surface area contributed by atoms with Crippen LogP contribution in [-0.2, 0) is 9.53 Å². The van der Waals surface area contributed by atoms with E-state index in [1.165, 1.54) is 0 Å². The summed E-state index contributed by atoms with van der Waals surface area (Å²) < 4.78 is 5.01. The van der Waals surface area contributed by atoms with Gasteiger partial charge in [-0.15, -0.1) is 0 Å². The van der Waals surface area contributed by atoms with Crippen LogP contribution in [0, 0.1) is 5.92 Å². The van der Waals surface area contributed by atoms with Gasteiger partial charge in [0.15, 0.2) is 0 Å². The van der Waals surface area contributed by atoms with Gasteiger partial charge in [0.05, 0.1) is 6.61 Å². The number of likely N-dealkylation sites (N-methyl/N-ethyl adjacent to an activating group) is 1. The highest BCUT2D eigenvalue weighted by atomic mass is 16.5. The molecule has 0 aliphatic rings. The lowest BCUT2D eigenvalue weighted by atomic mass is 9.98. The van der Waals surface area contributed by atoms with E-state index in [9.17, 15) is 4.79 Å². The zero-order valence-electron chi connectivity index (χ0n) is 9.33. The molecule has 0 spiro atoms. The molecule has 2 atom stereocenters. The average molecular weight is 187 g/mol. The van der Waals surface area contributed by atoms with E-state index < -0.39 is 0 Å². The number of carbonyl (C=O) groups excluding carboxylic acids is 1. The van der Waals surface area contributed by atoms with Crippen molar-refractivity contribution >= 4 is 5.97 Å². The summed E-state index contributed by atoms with van der Waals surface area (Å²) in [7, 11) is 3.82. The van der Waals surface area contributed by atoms with Crippen LogP contribution in [-0.4, -0.2) is 37.6 Å². The molecular formula is C10H21NO2. The Kier molecular flexibility index (Phi) is 5.71. The molecule has 0 radical (unpaired) electrons. The van der Waals surface area contributed by atoms with Gasteiger partial charge in [0.1, 0.15) is 6.04 Å². The topological polar surface area (TPSA) is 29.5 Å². The largest absolute Gasteiger partial charge is 0.465 e. The Balaban J connectivity index is 4.32. The molecule has 0 fully saturated rings. The molecule has 0 rings (SSSR count). The lowest BCUT2D eigenvalue weighted by molar-refractivity contribution is -0.150. The number of esters is 1. The molecule has 3 nitrogen and oxygen atoms in total. The Morgan fingerprint density at radius 2 is 1.92 bits per heavy atom. The minimum absolute atomic E-state index is 0.107. The Hall–Kier alpha value is -0.570. The van der Waals surface area contributed by atoms with Crippen molar-refractivity contribution in [1.82, 2.24) is 4.90 Å². The minimum atomic E-state index is -0.109. The highest BCUT2D eigenvalue weighted by molar-refractivity contribution is 5.76. The maximum absolute atomic E-state index is 11.5. The van der Waals surface area contributed by atoms with Gasteiger partial charge < -0.3 is 4.74 Å². The summed E-state index contributed by atoms with van der Waals surface area (Å²) >= 11 is 0. The van der Waals surface area contributed by atoms with Crippen molar-refractivity contribution in [2.75, 3.05) is 20.7 Å². The van der Waals surface area contributed by atoms with Crippen molar-refractivity contribution < 1.29 is 9.53 Å². The number of nitrogens with zero attached hydrogens (tertiary/aromatic N) is 1.